The number of rotatable bonds is 8. The third-order valence-corrected chi connectivity index (χ3v) is 5.79. The fourth-order valence-electron chi connectivity index (χ4n) is 4.04. The summed E-state index contributed by atoms with van der Waals surface area (Å²) in [7, 11) is 1.79. The van der Waals surface area contributed by atoms with Gasteiger partial charge < -0.3 is 20.5 Å². The Morgan fingerprint density at radius 1 is 1.12 bits per heavy atom. The molecule has 170 valence electrons. The molecule has 1 aliphatic heterocycles. The van der Waals surface area contributed by atoms with Crippen LogP contribution in [0.1, 0.15) is 12.0 Å². The number of H-pyrrole nitrogens is 1. The summed E-state index contributed by atoms with van der Waals surface area (Å²) in [5, 5.41) is 7.82. The molecule has 1 fully saturated rings. The van der Waals surface area contributed by atoms with Gasteiger partial charge in [0.15, 0.2) is 5.96 Å². The minimum absolute atomic E-state index is 0.222. The average molecular weight is 439 g/mol. The highest BCUT2D eigenvalue weighted by Crippen LogP contribution is 2.19. The van der Waals surface area contributed by atoms with Crippen LogP contribution >= 0.6 is 0 Å². The van der Waals surface area contributed by atoms with Gasteiger partial charge >= 0.3 is 0 Å². The first-order chi connectivity index (χ1) is 15.7. The van der Waals surface area contributed by atoms with E-state index in [4.69, 9.17) is 0 Å². The Morgan fingerprint density at radius 3 is 2.69 bits per heavy atom. The van der Waals surface area contributed by atoms with Crippen LogP contribution in [0.5, 0.6) is 0 Å². The van der Waals surface area contributed by atoms with Gasteiger partial charge in [-0.05, 0) is 49.2 Å². The van der Waals surface area contributed by atoms with Gasteiger partial charge in [-0.15, -0.1) is 0 Å². The van der Waals surface area contributed by atoms with Crippen molar-refractivity contribution in [2.24, 2.45) is 4.99 Å². The zero-order chi connectivity index (χ0) is 22.2. The van der Waals surface area contributed by atoms with E-state index in [1.807, 2.05) is 18.3 Å². The highest BCUT2D eigenvalue weighted by molar-refractivity contribution is 5.83. The molecule has 0 radical (unpaired) electrons. The average Bonchev–Trinajstić information content (AvgIpc) is 3.23. The van der Waals surface area contributed by atoms with Crippen molar-refractivity contribution in [1.82, 2.24) is 30.5 Å². The van der Waals surface area contributed by atoms with E-state index >= 15 is 0 Å². The number of nitrogens with zero attached hydrogens (tertiary/aromatic N) is 5. The first-order valence-electron chi connectivity index (χ1n) is 11.2. The minimum atomic E-state index is -0.222. The number of piperazine rings is 1. The lowest BCUT2D eigenvalue weighted by atomic mass is 10.1. The lowest BCUT2D eigenvalue weighted by Crippen LogP contribution is -2.47. The Hall–Kier alpha value is -3.20. The number of hydrogen-bond acceptors (Lipinski definition) is 5. The summed E-state index contributed by atoms with van der Waals surface area (Å²) in [6, 6.07) is 6.71. The van der Waals surface area contributed by atoms with E-state index in [1.54, 1.807) is 19.4 Å². The highest BCUT2D eigenvalue weighted by atomic mass is 19.1. The van der Waals surface area contributed by atoms with E-state index in [0.717, 1.165) is 81.5 Å². The topological polar surface area (TPSA) is 84.5 Å². The maximum atomic E-state index is 13.3. The maximum absolute atomic E-state index is 13.3. The standard InChI is InChI=1S/C23H31FN8/c1-25-22(27-10-6-18-17-30-21-16-19(24)4-5-20(18)21)26-9-3-11-31-12-14-32(15-13-31)23-28-7-2-8-29-23/h2,4-5,7-8,16-17,30H,3,6,9-15H2,1H3,(H2,25,26,27). The summed E-state index contributed by atoms with van der Waals surface area (Å²) in [4.78, 5) is 20.9. The van der Waals surface area contributed by atoms with Crippen molar-refractivity contribution in [1.29, 1.82) is 0 Å². The lowest BCUT2D eigenvalue weighted by Gasteiger charge is -2.34. The molecule has 1 aromatic carbocycles. The van der Waals surface area contributed by atoms with Gasteiger partial charge in [0.1, 0.15) is 5.82 Å². The number of aromatic amines is 1. The van der Waals surface area contributed by atoms with Crippen LogP contribution in [0.25, 0.3) is 10.9 Å². The molecule has 0 saturated carbocycles. The van der Waals surface area contributed by atoms with Gasteiger partial charge in [0.25, 0.3) is 0 Å². The van der Waals surface area contributed by atoms with E-state index in [1.165, 1.54) is 17.7 Å². The predicted octanol–water partition coefficient (Wildman–Crippen LogP) is 2.02. The molecule has 9 heteroatoms. The smallest absolute Gasteiger partial charge is 0.225 e. The first-order valence-corrected chi connectivity index (χ1v) is 11.2. The van der Waals surface area contributed by atoms with Crippen LogP contribution in [0.3, 0.4) is 0 Å². The molecule has 0 bridgehead atoms. The van der Waals surface area contributed by atoms with Crippen LogP contribution in [0.2, 0.25) is 0 Å². The number of hydrogen-bond donors (Lipinski definition) is 3. The van der Waals surface area contributed by atoms with Gasteiger partial charge in [0.2, 0.25) is 5.95 Å². The summed E-state index contributed by atoms with van der Waals surface area (Å²) < 4.78 is 13.3. The van der Waals surface area contributed by atoms with Gasteiger partial charge in [0.05, 0.1) is 0 Å². The largest absolute Gasteiger partial charge is 0.361 e. The van der Waals surface area contributed by atoms with Crippen LogP contribution in [-0.4, -0.2) is 78.7 Å². The fourth-order valence-corrected chi connectivity index (χ4v) is 4.04. The molecule has 4 rings (SSSR count). The van der Waals surface area contributed by atoms with Crippen LogP contribution in [0.15, 0.2) is 47.8 Å². The van der Waals surface area contributed by atoms with Crippen molar-refractivity contribution in [3.8, 4) is 0 Å². The molecule has 1 aliphatic rings. The van der Waals surface area contributed by atoms with E-state index < -0.39 is 0 Å². The molecule has 2 aromatic heterocycles. The molecule has 0 spiro atoms. The fraction of sp³-hybridized carbons (Fsp3) is 0.435. The van der Waals surface area contributed by atoms with Crippen molar-refractivity contribution in [3.05, 3.63) is 54.2 Å². The number of benzene rings is 1. The summed E-state index contributed by atoms with van der Waals surface area (Å²) >= 11 is 0. The van der Waals surface area contributed by atoms with E-state index in [2.05, 4.69) is 40.4 Å². The molecular weight excluding hydrogens is 407 g/mol. The van der Waals surface area contributed by atoms with Crippen LogP contribution in [0.4, 0.5) is 10.3 Å². The molecule has 8 nitrogen and oxygen atoms in total. The Kier molecular flexibility index (Phi) is 7.50. The number of nitrogens with one attached hydrogen (secondary N) is 3. The monoisotopic (exact) mass is 438 g/mol. The number of halogens is 1. The highest BCUT2D eigenvalue weighted by Gasteiger charge is 2.18. The normalized spacial score (nSPS) is 15.3. The molecule has 0 amide bonds. The molecule has 0 atom stereocenters. The summed E-state index contributed by atoms with van der Waals surface area (Å²) in [5.74, 6) is 1.41. The number of anilines is 1. The Morgan fingerprint density at radius 2 is 1.91 bits per heavy atom. The second-order valence-corrected chi connectivity index (χ2v) is 7.91. The van der Waals surface area contributed by atoms with Crippen LogP contribution < -0.4 is 15.5 Å². The van der Waals surface area contributed by atoms with E-state index in [0.29, 0.717) is 0 Å². The zero-order valence-electron chi connectivity index (χ0n) is 18.5. The molecule has 0 aliphatic carbocycles. The Balaban J connectivity index is 1.12. The Labute approximate surface area is 188 Å². The number of guanidine groups is 1. The van der Waals surface area contributed by atoms with Gasteiger partial charge in [-0.2, -0.15) is 0 Å². The van der Waals surface area contributed by atoms with Gasteiger partial charge in [-0.25, -0.2) is 14.4 Å². The van der Waals surface area contributed by atoms with Crippen molar-refractivity contribution < 1.29 is 4.39 Å². The number of aliphatic imine (C=N–C) groups is 1. The van der Waals surface area contributed by atoms with Crippen LogP contribution in [0, 0.1) is 5.82 Å². The van der Waals surface area contributed by atoms with Crippen LogP contribution in [-0.2, 0) is 6.42 Å². The van der Waals surface area contributed by atoms with Gasteiger partial charge in [-0.3, -0.25) is 9.89 Å². The lowest BCUT2D eigenvalue weighted by molar-refractivity contribution is 0.254. The number of fused-ring (bicyclic) bond motifs is 1. The summed E-state index contributed by atoms with van der Waals surface area (Å²) in [6.07, 6.45) is 7.43. The molecular formula is C23H31FN8. The third-order valence-electron chi connectivity index (χ3n) is 5.79. The van der Waals surface area contributed by atoms with Crippen molar-refractivity contribution in [2.45, 2.75) is 12.8 Å². The Bertz CT molecular complexity index is 1010. The molecule has 3 N–H and O–H groups in total. The summed E-state index contributed by atoms with van der Waals surface area (Å²) in [6.45, 7) is 6.66. The third kappa shape index (κ3) is 5.73. The van der Waals surface area contributed by atoms with E-state index in [9.17, 15) is 4.39 Å². The zero-order valence-corrected chi connectivity index (χ0v) is 18.5. The maximum Gasteiger partial charge on any atom is 0.225 e. The molecule has 1 saturated heterocycles. The molecule has 32 heavy (non-hydrogen) atoms. The number of aromatic nitrogens is 3. The van der Waals surface area contributed by atoms with Crippen molar-refractivity contribution >= 4 is 22.8 Å². The van der Waals surface area contributed by atoms with Gasteiger partial charge in [0, 0.05) is 75.8 Å². The van der Waals surface area contributed by atoms with Gasteiger partial charge in [-0.1, -0.05) is 0 Å². The second kappa shape index (κ2) is 10.9. The quantitative estimate of drug-likeness (QED) is 0.284. The van der Waals surface area contributed by atoms with Crippen molar-refractivity contribution in [3.63, 3.8) is 0 Å². The minimum Gasteiger partial charge on any atom is -0.361 e. The first kappa shape index (κ1) is 22.0. The SMILES string of the molecule is CN=C(NCCCN1CCN(c2ncccn2)CC1)NCCc1c[nH]c2cc(F)ccc12. The molecule has 3 heterocycles. The van der Waals surface area contributed by atoms with E-state index in [-0.39, 0.29) is 5.82 Å². The summed E-state index contributed by atoms with van der Waals surface area (Å²) in [5.41, 5.74) is 2.00. The molecule has 0 unspecified atom stereocenters. The molecule has 3 aromatic rings. The predicted molar refractivity (Wildman–Crippen MR) is 127 cm³/mol. The second-order valence-electron chi connectivity index (χ2n) is 7.91. The van der Waals surface area contributed by atoms with Crippen molar-refractivity contribution in [2.75, 3.05) is 57.8 Å².